The van der Waals surface area contributed by atoms with Gasteiger partial charge in [0.05, 0.1) is 5.56 Å². The SMILES string of the molecule is CC(C)(CNC(=O)CCc1ccc(F)cc1)c1cccc(C(F)(F)F)c1. The zero-order chi connectivity index (χ0) is 19.4. The zero-order valence-corrected chi connectivity index (χ0v) is 14.7. The van der Waals surface area contributed by atoms with Crippen LogP contribution in [0.15, 0.2) is 48.5 Å². The lowest BCUT2D eigenvalue weighted by molar-refractivity contribution is -0.137. The molecule has 1 N–H and O–H groups in total. The smallest absolute Gasteiger partial charge is 0.355 e. The molecule has 0 radical (unpaired) electrons. The predicted molar refractivity (Wildman–Crippen MR) is 92.2 cm³/mol. The Balaban J connectivity index is 1.92. The van der Waals surface area contributed by atoms with Crippen LogP contribution in [0.4, 0.5) is 17.6 Å². The number of rotatable bonds is 6. The molecule has 2 rings (SSSR count). The fraction of sp³-hybridized carbons (Fsp3) is 0.350. The quantitative estimate of drug-likeness (QED) is 0.725. The van der Waals surface area contributed by atoms with Gasteiger partial charge in [0, 0.05) is 18.4 Å². The summed E-state index contributed by atoms with van der Waals surface area (Å²) in [5.41, 5.74) is 0.00263. The summed E-state index contributed by atoms with van der Waals surface area (Å²) in [5, 5.41) is 2.77. The van der Waals surface area contributed by atoms with E-state index in [2.05, 4.69) is 5.32 Å². The summed E-state index contributed by atoms with van der Waals surface area (Å²) in [7, 11) is 0. The normalized spacial score (nSPS) is 12.1. The van der Waals surface area contributed by atoms with Crippen molar-refractivity contribution in [2.24, 2.45) is 0 Å². The lowest BCUT2D eigenvalue weighted by Gasteiger charge is -2.26. The van der Waals surface area contributed by atoms with E-state index in [4.69, 9.17) is 0 Å². The minimum atomic E-state index is -4.40. The molecule has 0 aliphatic carbocycles. The number of halogens is 4. The first kappa shape index (κ1) is 19.9. The lowest BCUT2D eigenvalue weighted by atomic mass is 9.83. The first-order chi connectivity index (χ1) is 12.1. The molecule has 0 unspecified atom stereocenters. The van der Waals surface area contributed by atoms with Crippen molar-refractivity contribution in [3.05, 3.63) is 71.0 Å². The maximum absolute atomic E-state index is 12.9. The van der Waals surface area contributed by atoms with Crippen LogP contribution in [0.5, 0.6) is 0 Å². The number of alkyl halides is 3. The van der Waals surface area contributed by atoms with Crippen LogP contribution in [0.3, 0.4) is 0 Å². The van der Waals surface area contributed by atoms with Crippen molar-refractivity contribution in [1.82, 2.24) is 5.32 Å². The maximum atomic E-state index is 12.9. The minimum absolute atomic E-state index is 0.200. The van der Waals surface area contributed by atoms with E-state index in [0.717, 1.165) is 17.7 Å². The van der Waals surface area contributed by atoms with Gasteiger partial charge in [0.2, 0.25) is 5.91 Å². The van der Waals surface area contributed by atoms with Gasteiger partial charge < -0.3 is 5.32 Å². The van der Waals surface area contributed by atoms with Crippen LogP contribution in [0.1, 0.15) is 37.0 Å². The van der Waals surface area contributed by atoms with Gasteiger partial charge in [0.15, 0.2) is 0 Å². The lowest BCUT2D eigenvalue weighted by Crippen LogP contribution is -2.36. The number of benzene rings is 2. The van der Waals surface area contributed by atoms with Crippen LogP contribution in [0, 0.1) is 5.82 Å². The second-order valence-corrected chi connectivity index (χ2v) is 6.87. The van der Waals surface area contributed by atoms with Crippen molar-refractivity contribution in [3.63, 3.8) is 0 Å². The van der Waals surface area contributed by atoms with Crippen LogP contribution in [-0.4, -0.2) is 12.5 Å². The van der Waals surface area contributed by atoms with E-state index in [1.165, 1.54) is 18.2 Å². The molecule has 0 aliphatic heterocycles. The number of nitrogens with one attached hydrogen (secondary N) is 1. The number of hydrogen-bond acceptors (Lipinski definition) is 1. The molecule has 0 aliphatic rings. The van der Waals surface area contributed by atoms with Gasteiger partial charge in [0.25, 0.3) is 0 Å². The molecular weight excluding hydrogens is 346 g/mol. The first-order valence-electron chi connectivity index (χ1n) is 8.27. The molecule has 6 heteroatoms. The zero-order valence-electron chi connectivity index (χ0n) is 14.7. The molecule has 140 valence electrons. The third-order valence-corrected chi connectivity index (χ3v) is 4.25. The summed E-state index contributed by atoms with van der Waals surface area (Å²) in [4.78, 5) is 12.0. The molecule has 0 aromatic heterocycles. The molecule has 0 bridgehead atoms. The number of carbonyl (C=O) groups is 1. The van der Waals surface area contributed by atoms with Crippen LogP contribution < -0.4 is 5.32 Å². The molecular formula is C20H21F4NO. The van der Waals surface area contributed by atoms with Gasteiger partial charge in [-0.05, 0) is 35.7 Å². The van der Waals surface area contributed by atoms with E-state index < -0.39 is 17.2 Å². The third-order valence-electron chi connectivity index (χ3n) is 4.25. The van der Waals surface area contributed by atoms with Gasteiger partial charge in [-0.3, -0.25) is 4.79 Å². The van der Waals surface area contributed by atoms with Gasteiger partial charge in [-0.1, -0.05) is 44.2 Å². The summed E-state index contributed by atoms with van der Waals surface area (Å²) in [6, 6.07) is 11.1. The van der Waals surface area contributed by atoms with E-state index in [1.807, 2.05) is 0 Å². The Labute approximate surface area is 150 Å². The Morgan fingerprint density at radius 3 is 2.23 bits per heavy atom. The van der Waals surface area contributed by atoms with Crippen LogP contribution in [0.25, 0.3) is 0 Å². The Morgan fingerprint density at radius 2 is 1.62 bits per heavy atom. The molecule has 0 spiro atoms. The molecule has 0 saturated heterocycles. The molecule has 0 atom stereocenters. The summed E-state index contributed by atoms with van der Waals surface area (Å²) in [6.45, 7) is 3.78. The predicted octanol–water partition coefficient (Wildman–Crippen LogP) is 4.87. The maximum Gasteiger partial charge on any atom is 0.416 e. The molecule has 0 saturated carbocycles. The molecule has 1 amide bonds. The summed E-state index contributed by atoms with van der Waals surface area (Å²) in [6.07, 6.45) is -3.70. The van der Waals surface area contributed by atoms with Crippen molar-refractivity contribution < 1.29 is 22.4 Å². The monoisotopic (exact) mass is 367 g/mol. The topological polar surface area (TPSA) is 29.1 Å². The van der Waals surface area contributed by atoms with Gasteiger partial charge >= 0.3 is 6.18 Å². The van der Waals surface area contributed by atoms with Crippen molar-refractivity contribution >= 4 is 5.91 Å². The second kappa shape index (κ2) is 7.89. The highest BCUT2D eigenvalue weighted by Gasteiger charge is 2.32. The van der Waals surface area contributed by atoms with E-state index in [-0.39, 0.29) is 24.7 Å². The highest BCUT2D eigenvalue weighted by molar-refractivity contribution is 5.76. The van der Waals surface area contributed by atoms with Crippen LogP contribution in [-0.2, 0) is 22.8 Å². The molecule has 26 heavy (non-hydrogen) atoms. The van der Waals surface area contributed by atoms with Gasteiger partial charge in [0.1, 0.15) is 5.82 Å². The van der Waals surface area contributed by atoms with Crippen molar-refractivity contribution in [2.75, 3.05) is 6.54 Å². The Hall–Kier alpha value is -2.37. The number of amides is 1. The average Bonchev–Trinajstić information content (AvgIpc) is 2.59. The molecule has 2 nitrogen and oxygen atoms in total. The highest BCUT2D eigenvalue weighted by Crippen LogP contribution is 2.32. The van der Waals surface area contributed by atoms with E-state index in [0.29, 0.717) is 12.0 Å². The van der Waals surface area contributed by atoms with E-state index in [9.17, 15) is 22.4 Å². The largest absolute Gasteiger partial charge is 0.416 e. The summed E-state index contributed by atoms with van der Waals surface area (Å²) < 4.78 is 51.4. The number of aryl methyl sites for hydroxylation is 1. The van der Waals surface area contributed by atoms with Crippen molar-refractivity contribution in [3.8, 4) is 0 Å². The highest BCUT2D eigenvalue weighted by atomic mass is 19.4. The molecule has 2 aromatic rings. The Morgan fingerprint density at radius 1 is 1.00 bits per heavy atom. The fourth-order valence-electron chi connectivity index (χ4n) is 2.54. The van der Waals surface area contributed by atoms with Crippen molar-refractivity contribution in [2.45, 2.75) is 38.3 Å². The number of hydrogen-bond donors (Lipinski definition) is 1. The molecule has 0 fully saturated rings. The van der Waals surface area contributed by atoms with Gasteiger partial charge in [-0.25, -0.2) is 4.39 Å². The standard InChI is InChI=1S/C20H21F4NO/c1-19(2,15-4-3-5-16(12-15)20(22,23)24)13-25-18(26)11-8-14-6-9-17(21)10-7-14/h3-7,9-10,12H,8,11,13H2,1-2H3,(H,25,26). The van der Waals surface area contributed by atoms with E-state index in [1.54, 1.807) is 32.0 Å². The molecule has 2 aromatic carbocycles. The third kappa shape index (κ3) is 5.58. The van der Waals surface area contributed by atoms with Gasteiger partial charge in [-0.2, -0.15) is 13.2 Å². The summed E-state index contributed by atoms with van der Waals surface area (Å²) >= 11 is 0. The first-order valence-corrected chi connectivity index (χ1v) is 8.27. The minimum Gasteiger partial charge on any atom is -0.355 e. The Kier molecular flexibility index (Phi) is 6.05. The Bertz CT molecular complexity index is 751. The molecule has 0 heterocycles. The van der Waals surface area contributed by atoms with Crippen LogP contribution >= 0.6 is 0 Å². The van der Waals surface area contributed by atoms with Crippen molar-refractivity contribution in [1.29, 1.82) is 0 Å². The van der Waals surface area contributed by atoms with Gasteiger partial charge in [-0.15, -0.1) is 0 Å². The second-order valence-electron chi connectivity index (χ2n) is 6.87. The van der Waals surface area contributed by atoms with Crippen LogP contribution in [0.2, 0.25) is 0 Å². The van der Waals surface area contributed by atoms with E-state index >= 15 is 0 Å². The average molecular weight is 367 g/mol. The fourth-order valence-corrected chi connectivity index (χ4v) is 2.54. The summed E-state index contributed by atoms with van der Waals surface area (Å²) in [5.74, 6) is -0.532. The number of carbonyl (C=O) groups excluding carboxylic acids is 1.